The zero-order valence-electron chi connectivity index (χ0n) is 11.3. The predicted octanol–water partition coefficient (Wildman–Crippen LogP) is 2.74. The molecule has 3 rings (SSSR count). The topological polar surface area (TPSA) is 72.0 Å². The molecule has 3 aromatic rings. The first kappa shape index (κ1) is 13.5. The Labute approximate surface area is 122 Å². The summed E-state index contributed by atoms with van der Waals surface area (Å²) < 4.78 is 27.5. The van der Waals surface area contributed by atoms with Crippen LogP contribution in [0.25, 0.3) is 10.8 Å². The van der Waals surface area contributed by atoms with Crippen LogP contribution < -0.4 is 4.72 Å². The van der Waals surface area contributed by atoms with Crippen molar-refractivity contribution in [2.24, 2.45) is 0 Å². The molecule has 21 heavy (non-hydrogen) atoms. The third-order valence-electron chi connectivity index (χ3n) is 3.06. The molecular weight excluding hydrogens is 286 g/mol. The number of benzene rings is 2. The summed E-state index contributed by atoms with van der Waals surface area (Å²) in [4.78, 5) is 8.21. The van der Waals surface area contributed by atoms with Crippen molar-refractivity contribution in [1.29, 1.82) is 0 Å². The van der Waals surface area contributed by atoms with Gasteiger partial charge in [0.05, 0.1) is 4.90 Å². The van der Waals surface area contributed by atoms with E-state index in [1.54, 1.807) is 31.2 Å². The van der Waals surface area contributed by atoms with E-state index >= 15 is 0 Å². The molecule has 1 heterocycles. The Morgan fingerprint density at radius 1 is 1.00 bits per heavy atom. The lowest BCUT2D eigenvalue weighted by molar-refractivity contribution is 0.601. The molecule has 0 radical (unpaired) electrons. The maximum absolute atomic E-state index is 12.5. The molecule has 6 heteroatoms. The van der Waals surface area contributed by atoms with Gasteiger partial charge in [0, 0.05) is 17.3 Å². The van der Waals surface area contributed by atoms with Crippen molar-refractivity contribution >= 4 is 26.7 Å². The van der Waals surface area contributed by atoms with Gasteiger partial charge in [-0.2, -0.15) is 0 Å². The molecule has 0 saturated heterocycles. The van der Waals surface area contributed by atoms with Crippen LogP contribution in [0.5, 0.6) is 0 Å². The summed E-state index contributed by atoms with van der Waals surface area (Å²) in [6.07, 6.45) is 1.52. The van der Waals surface area contributed by atoms with Gasteiger partial charge in [0.15, 0.2) is 0 Å². The number of fused-ring (bicyclic) bond motifs is 1. The SMILES string of the molecule is Cc1ccnc(NS(=O)(=O)c2cccc3ccccc23)n1. The van der Waals surface area contributed by atoms with Crippen LogP contribution in [0.4, 0.5) is 5.95 Å². The van der Waals surface area contributed by atoms with Crippen LogP contribution in [0.1, 0.15) is 5.69 Å². The van der Waals surface area contributed by atoms with Gasteiger partial charge < -0.3 is 0 Å². The van der Waals surface area contributed by atoms with Crippen LogP contribution in [0.15, 0.2) is 59.6 Å². The first-order chi connectivity index (χ1) is 10.1. The molecule has 0 bridgehead atoms. The van der Waals surface area contributed by atoms with Crippen molar-refractivity contribution in [2.45, 2.75) is 11.8 Å². The number of nitrogens with one attached hydrogen (secondary N) is 1. The van der Waals surface area contributed by atoms with Gasteiger partial charge in [-0.25, -0.2) is 23.1 Å². The minimum atomic E-state index is -3.73. The quantitative estimate of drug-likeness (QED) is 0.807. The van der Waals surface area contributed by atoms with Gasteiger partial charge in [-0.1, -0.05) is 36.4 Å². The third kappa shape index (κ3) is 2.71. The van der Waals surface area contributed by atoms with E-state index in [-0.39, 0.29) is 10.8 Å². The van der Waals surface area contributed by atoms with E-state index in [1.165, 1.54) is 6.20 Å². The fourth-order valence-electron chi connectivity index (χ4n) is 2.10. The second-order valence-corrected chi connectivity index (χ2v) is 6.26. The average molecular weight is 299 g/mol. The van der Waals surface area contributed by atoms with Crippen molar-refractivity contribution < 1.29 is 8.42 Å². The number of nitrogens with zero attached hydrogens (tertiary/aromatic N) is 2. The molecule has 0 aliphatic carbocycles. The number of anilines is 1. The van der Waals surface area contributed by atoms with Crippen LogP contribution in [0.3, 0.4) is 0 Å². The van der Waals surface area contributed by atoms with E-state index in [0.717, 1.165) is 5.39 Å². The van der Waals surface area contributed by atoms with Gasteiger partial charge in [0.25, 0.3) is 10.0 Å². The fourth-order valence-corrected chi connectivity index (χ4v) is 3.29. The summed E-state index contributed by atoms with van der Waals surface area (Å²) in [7, 11) is -3.73. The number of hydrogen-bond donors (Lipinski definition) is 1. The molecule has 1 N–H and O–H groups in total. The highest BCUT2D eigenvalue weighted by Gasteiger charge is 2.18. The highest BCUT2D eigenvalue weighted by Crippen LogP contribution is 2.23. The molecule has 0 spiro atoms. The molecule has 1 aromatic heterocycles. The molecule has 5 nitrogen and oxygen atoms in total. The lowest BCUT2D eigenvalue weighted by atomic mass is 10.1. The maximum atomic E-state index is 12.5. The first-order valence-electron chi connectivity index (χ1n) is 6.36. The lowest BCUT2D eigenvalue weighted by Crippen LogP contribution is -2.15. The molecule has 2 aromatic carbocycles. The molecule has 0 atom stereocenters. The van der Waals surface area contributed by atoms with Gasteiger partial charge in [-0.3, -0.25) is 0 Å². The zero-order chi connectivity index (χ0) is 14.9. The molecule has 106 valence electrons. The van der Waals surface area contributed by atoms with Crippen molar-refractivity contribution in [3.05, 3.63) is 60.4 Å². The zero-order valence-corrected chi connectivity index (χ0v) is 12.1. The number of aryl methyl sites for hydroxylation is 1. The molecule has 0 amide bonds. The van der Waals surface area contributed by atoms with Crippen LogP contribution in [0.2, 0.25) is 0 Å². The van der Waals surface area contributed by atoms with Crippen LogP contribution in [-0.2, 0) is 10.0 Å². The number of rotatable bonds is 3. The molecule has 0 aliphatic heterocycles. The summed E-state index contributed by atoms with van der Waals surface area (Å²) in [6.45, 7) is 1.78. The van der Waals surface area contributed by atoms with Crippen molar-refractivity contribution in [3.8, 4) is 0 Å². The normalized spacial score (nSPS) is 11.5. The Balaban J connectivity index is 2.09. The largest absolute Gasteiger partial charge is 0.264 e. The molecular formula is C15H13N3O2S. The minimum Gasteiger partial charge on any atom is -0.247 e. The van der Waals surface area contributed by atoms with Gasteiger partial charge in [0.1, 0.15) is 0 Å². The Hall–Kier alpha value is -2.47. The average Bonchev–Trinajstić information content (AvgIpc) is 2.46. The lowest BCUT2D eigenvalue weighted by Gasteiger charge is -2.09. The van der Waals surface area contributed by atoms with E-state index in [9.17, 15) is 8.42 Å². The molecule has 0 unspecified atom stereocenters. The van der Waals surface area contributed by atoms with Crippen molar-refractivity contribution in [3.63, 3.8) is 0 Å². The highest BCUT2D eigenvalue weighted by molar-refractivity contribution is 7.93. The minimum absolute atomic E-state index is 0.0722. The van der Waals surface area contributed by atoms with Gasteiger partial charge in [0.2, 0.25) is 5.95 Å². The van der Waals surface area contributed by atoms with Crippen molar-refractivity contribution in [2.75, 3.05) is 4.72 Å². The first-order valence-corrected chi connectivity index (χ1v) is 7.85. The Kier molecular flexibility index (Phi) is 3.31. The Bertz CT molecular complexity index is 902. The Morgan fingerprint density at radius 3 is 2.57 bits per heavy atom. The molecule has 0 aliphatic rings. The number of hydrogen-bond acceptors (Lipinski definition) is 4. The summed E-state index contributed by atoms with van der Waals surface area (Å²) in [6, 6.07) is 14.2. The molecule has 0 fully saturated rings. The van der Waals surface area contributed by atoms with E-state index in [2.05, 4.69) is 14.7 Å². The summed E-state index contributed by atoms with van der Waals surface area (Å²) >= 11 is 0. The summed E-state index contributed by atoms with van der Waals surface area (Å²) in [5, 5.41) is 1.53. The van der Waals surface area contributed by atoms with E-state index in [4.69, 9.17) is 0 Å². The monoisotopic (exact) mass is 299 g/mol. The Morgan fingerprint density at radius 2 is 1.76 bits per heavy atom. The summed E-state index contributed by atoms with van der Waals surface area (Å²) in [5.74, 6) is 0.0722. The summed E-state index contributed by atoms with van der Waals surface area (Å²) in [5.41, 5.74) is 0.695. The molecule has 0 saturated carbocycles. The third-order valence-corrected chi connectivity index (χ3v) is 4.45. The van der Waals surface area contributed by atoms with Crippen molar-refractivity contribution in [1.82, 2.24) is 9.97 Å². The van der Waals surface area contributed by atoms with E-state index < -0.39 is 10.0 Å². The van der Waals surface area contributed by atoms with E-state index in [0.29, 0.717) is 11.1 Å². The highest BCUT2D eigenvalue weighted by atomic mass is 32.2. The number of aromatic nitrogens is 2. The second-order valence-electron chi connectivity index (χ2n) is 4.60. The smallest absolute Gasteiger partial charge is 0.247 e. The fraction of sp³-hybridized carbons (Fsp3) is 0.0667. The van der Waals surface area contributed by atoms with Gasteiger partial charge in [-0.15, -0.1) is 0 Å². The standard InChI is InChI=1S/C15H13N3O2S/c1-11-9-10-16-15(17-11)18-21(19,20)14-8-4-6-12-5-2-3-7-13(12)14/h2-10H,1H3,(H,16,17,18). The van der Waals surface area contributed by atoms with Gasteiger partial charge >= 0.3 is 0 Å². The number of sulfonamides is 1. The maximum Gasteiger partial charge on any atom is 0.264 e. The van der Waals surface area contributed by atoms with Crippen LogP contribution >= 0.6 is 0 Å². The second kappa shape index (κ2) is 5.14. The van der Waals surface area contributed by atoms with Gasteiger partial charge in [-0.05, 0) is 24.4 Å². The van der Waals surface area contributed by atoms with Crippen LogP contribution in [-0.4, -0.2) is 18.4 Å². The van der Waals surface area contributed by atoms with Crippen LogP contribution in [0, 0.1) is 6.92 Å². The van der Waals surface area contributed by atoms with E-state index in [1.807, 2.05) is 24.3 Å². The predicted molar refractivity (Wildman–Crippen MR) is 81.5 cm³/mol.